The number of alkyl halides is 2. The summed E-state index contributed by atoms with van der Waals surface area (Å²) in [5.41, 5.74) is 0.184. The Morgan fingerprint density at radius 2 is 1.85 bits per heavy atom. The molecular formula is C18H17F2NO4S2. The monoisotopic (exact) mass is 413 g/mol. The molecule has 0 saturated carbocycles. The number of esters is 1. The van der Waals surface area contributed by atoms with E-state index in [4.69, 9.17) is 4.74 Å². The second kappa shape index (κ2) is 10.2. The third-order valence-corrected chi connectivity index (χ3v) is 5.24. The van der Waals surface area contributed by atoms with Crippen molar-refractivity contribution in [2.45, 2.75) is 24.0 Å². The highest BCUT2D eigenvalue weighted by molar-refractivity contribution is 7.99. The highest BCUT2D eigenvalue weighted by Crippen LogP contribution is 2.25. The van der Waals surface area contributed by atoms with Crippen LogP contribution in [0.5, 0.6) is 0 Å². The van der Waals surface area contributed by atoms with E-state index in [9.17, 15) is 23.2 Å². The fraction of sp³-hybridized carbons (Fsp3) is 0.278. The molecule has 1 N–H and O–H groups in total. The SMILES string of the molecule is CC(=O)NCCc1ccc(C(=O)COC(=O)c2ccc(SC(F)F)cc2)s1. The van der Waals surface area contributed by atoms with Gasteiger partial charge in [-0.2, -0.15) is 8.78 Å². The lowest BCUT2D eigenvalue weighted by Crippen LogP contribution is -2.22. The molecular weight excluding hydrogens is 396 g/mol. The fourth-order valence-corrected chi connectivity index (χ4v) is 3.51. The first kappa shape index (κ1) is 21.0. The molecule has 0 aliphatic rings. The van der Waals surface area contributed by atoms with Crippen LogP contribution in [0.4, 0.5) is 8.78 Å². The highest BCUT2D eigenvalue weighted by atomic mass is 32.2. The zero-order valence-electron chi connectivity index (χ0n) is 14.4. The quantitative estimate of drug-likeness (QED) is 0.385. The third-order valence-electron chi connectivity index (χ3n) is 3.33. The maximum Gasteiger partial charge on any atom is 0.338 e. The van der Waals surface area contributed by atoms with Crippen molar-refractivity contribution in [1.82, 2.24) is 5.32 Å². The van der Waals surface area contributed by atoms with E-state index < -0.39 is 18.3 Å². The number of hydrogen-bond donors (Lipinski definition) is 1. The summed E-state index contributed by atoms with van der Waals surface area (Å²) in [6, 6.07) is 9.00. The van der Waals surface area contributed by atoms with Gasteiger partial charge in [-0.3, -0.25) is 9.59 Å². The molecule has 9 heteroatoms. The van der Waals surface area contributed by atoms with Crippen LogP contribution in [-0.4, -0.2) is 36.6 Å². The Morgan fingerprint density at radius 3 is 2.48 bits per heavy atom. The molecule has 1 aromatic heterocycles. The summed E-state index contributed by atoms with van der Waals surface area (Å²) < 4.78 is 29.5. The van der Waals surface area contributed by atoms with Gasteiger partial charge in [0.05, 0.1) is 10.4 Å². The van der Waals surface area contributed by atoms with Gasteiger partial charge < -0.3 is 10.1 Å². The smallest absolute Gasteiger partial charge is 0.338 e. The van der Waals surface area contributed by atoms with Crippen LogP contribution in [0.25, 0.3) is 0 Å². The molecule has 0 aliphatic heterocycles. The zero-order valence-corrected chi connectivity index (χ0v) is 16.0. The lowest BCUT2D eigenvalue weighted by atomic mass is 10.2. The van der Waals surface area contributed by atoms with Crippen molar-refractivity contribution in [3.05, 3.63) is 51.7 Å². The van der Waals surface area contributed by atoms with Crippen LogP contribution < -0.4 is 5.32 Å². The minimum absolute atomic E-state index is 0.115. The van der Waals surface area contributed by atoms with E-state index in [1.807, 2.05) is 0 Å². The molecule has 0 aliphatic carbocycles. The van der Waals surface area contributed by atoms with Gasteiger partial charge in [0.1, 0.15) is 0 Å². The molecule has 1 amide bonds. The van der Waals surface area contributed by atoms with Crippen molar-refractivity contribution in [2.75, 3.05) is 13.2 Å². The summed E-state index contributed by atoms with van der Waals surface area (Å²) >= 11 is 1.66. The molecule has 0 radical (unpaired) electrons. The maximum atomic E-state index is 12.3. The molecule has 27 heavy (non-hydrogen) atoms. The van der Waals surface area contributed by atoms with Crippen molar-refractivity contribution >= 4 is 40.8 Å². The number of halogens is 2. The van der Waals surface area contributed by atoms with Crippen molar-refractivity contribution in [3.63, 3.8) is 0 Å². The molecule has 0 spiro atoms. The Bertz CT molecular complexity index is 806. The number of rotatable bonds is 9. The summed E-state index contributed by atoms with van der Waals surface area (Å²) in [6.45, 7) is 1.51. The van der Waals surface area contributed by atoms with Crippen molar-refractivity contribution in [2.24, 2.45) is 0 Å². The first-order valence-electron chi connectivity index (χ1n) is 7.93. The van der Waals surface area contributed by atoms with Gasteiger partial charge in [-0.25, -0.2) is 4.79 Å². The van der Waals surface area contributed by atoms with E-state index in [1.165, 1.54) is 42.5 Å². The Kier molecular flexibility index (Phi) is 7.93. The number of hydrogen-bond acceptors (Lipinski definition) is 6. The molecule has 0 saturated heterocycles. The van der Waals surface area contributed by atoms with Gasteiger partial charge in [0.25, 0.3) is 5.76 Å². The Balaban J connectivity index is 1.83. The predicted octanol–water partition coefficient (Wildman–Crippen LogP) is 3.78. The number of amides is 1. The topological polar surface area (TPSA) is 72.5 Å². The van der Waals surface area contributed by atoms with Gasteiger partial charge in [-0.15, -0.1) is 11.3 Å². The predicted molar refractivity (Wildman–Crippen MR) is 99.6 cm³/mol. The molecule has 1 heterocycles. The number of thiophene rings is 1. The first-order valence-corrected chi connectivity index (χ1v) is 9.63. The summed E-state index contributed by atoms with van der Waals surface area (Å²) in [5.74, 6) is -3.67. The number of carbonyl (C=O) groups is 3. The summed E-state index contributed by atoms with van der Waals surface area (Å²) in [7, 11) is 0. The number of thioether (sulfide) groups is 1. The number of nitrogens with one attached hydrogen (secondary N) is 1. The summed E-state index contributed by atoms with van der Waals surface area (Å²) in [4.78, 5) is 36.7. The minimum Gasteiger partial charge on any atom is -0.454 e. The average Bonchev–Trinajstić information content (AvgIpc) is 3.08. The summed E-state index contributed by atoms with van der Waals surface area (Å²) in [5, 5.41) is 2.68. The van der Waals surface area contributed by atoms with Crippen molar-refractivity contribution in [1.29, 1.82) is 0 Å². The van der Waals surface area contributed by atoms with Crippen LogP contribution in [0.3, 0.4) is 0 Å². The van der Waals surface area contributed by atoms with Gasteiger partial charge in [0.15, 0.2) is 6.61 Å². The average molecular weight is 413 g/mol. The zero-order chi connectivity index (χ0) is 19.8. The van der Waals surface area contributed by atoms with Crippen LogP contribution in [0.2, 0.25) is 0 Å². The van der Waals surface area contributed by atoms with Crippen LogP contribution in [0.15, 0.2) is 41.3 Å². The van der Waals surface area contributed by atoms with E-state index in [-0.39, 0.29) is 17.3 Å². The Morgan fingerprint density at radius 1 is 1.15 bits per heavy atom. The van der Waals surface area contributed by atoms with Gasteiger partial charge in [0.2, 0.25) is 11.7 Å². The fourth-order valence-electron chi connectivity index (χ4n) is 2.08. The molecule has 0 atom stereocenters. The lowest BCUT2D eigenvalue weighted by molar-refractivity contribution is -0.118. The highest BCUT2D eigenvalue weighted by Gasteiger charge is 2.14. The van der Waals surface area contributed by atoms with Crippen LogP contribution in [0, 0.1) is 0 Å². The Hall–Kier alpha value is -2.26. The minimum atomic E-state index is -2.53. The van der Waals surface area contributed by atoms with E-state index in [0.29, 0.717) is 34.5 Å². The molecule has 5 nitrogen and oxygen atoms in total. The summed E-state index contributed by atoms with van der Waals surface area (Å²) in [6.07, 6.45) is 0.611. The molecule has 2 rings (SSSR count). The lowest BCUT2D eigenvalue weighted by Gasteiger charge is -2.05. The second-order valence-corrected chi connectivity index (χ2v) is 7.63. The van der Waals surface area contributed by atoms with E-state index in [0.717, 1.165) is 4.88 Å². The second-order valence-electron chi connectivity index (χ2n) is 5.40. The molecule has 0 unspecified atom stereocenters. The van der Waals surface area contributed by atoms with Crippen LogP contribution in [-0.2, 0) is 16.0 Å². The van der Waals surface area contributed by atoms with E-state index >= 15 is 0 Å². The van der Waals surface area contributed by atoms with Crippen molar-refractivity contribution in [3.8, 4) is 0 Å². The van der Waals surface area contributed by atoms with Gasteiger partial charge in [-0.1, -0.05) is 11.8 Å². The molecule has 0 fully saturated rings. The standard InChI is InChI=1S/C18H17F2NO4S2/c1-11(22)21-9-8-14-6-7-16(26-14)15(23)10-25-17(24)12-2-4-13(5-3-12)27-18(19)20/h2-7,18H,8-10H2,1H3,(H,21,22). The van der Waals surface area contributed by atoms with E-state index in [1.54, 1.807) is 12.1 Å². The van der Waals surface area contributed by atoms with Crippen molar-refractivity contribution < 1.29 is 27.9 Å². The number of benzene rings is 1. The first-order chi connectivity index (χ1) is 12.8. The normalized spacial score (nSPS) is 10.7. The van der Waals surface area contributed by atoms with E-state index in [2.05, 4.69) is 5.32 Å². The van der Waals surface area contributed by atoms with Crippen LogP contribution >= 0.6 is 23.1 Å². The van der Waals surface area contributed by atoms with Gasteiger partial charge in [0, 0.05) is 23.2 Å². The van der Waals surface area contributed by atoms with Gasteiger partial charge in [-0.05, 0) is 42.8 Å². The third kappa shape index (κ3) is 7.10. The number of Topliss-reactive ketones (excluding diaryl/α,β-unsaturated/α-hetero) is 1. The Labute approximate surface area is 163 Å². The molecule has 0 bridgehead atoms. The number of ketones is 1. The largest absolute Gasteiger partial charge is 0.454 e. The molecule has 1 aromatic carbocycles. The molecule has 2 aromatic rings. The van der Waals surface area contributed by atoms with Gasteiger partial charge >= 0.3 is 5.97 Å². The maximum absolute atomic E-state index is 12.3. The molecule has 144 valence electrons. The number of ether oxygens (including phenoxy) is 1. The number of carbonyl (C=O) groups excluding carboxylic acids is 3. The van der Waals surface area contributed by atoms with Crippen LogP contribution in [0.1, 0.15) is 31.8 Å².